The molecule has 0 saturated carbocycles. The molecule has 4 heteroatoms. The molecule has 1 fully saturated rings. The lowest BCUT2D eigenvalue weighted by Gasteiger charge is -2.30. The third kappa shape index (κ3) is 3.77. The van der Waals surface area contributed by atoms with Gasteiger partial charge >= 0.3 is 0 Å². The number of hydrogen-bond donors (Lipinski definition) is 1. The van der Waals surface area contributed by atoms with Gasteiger partial charge in [0.25, 0.3) is 0 Å². The van der Waals surface area contributed by atoms with Crippen molar-refractivity contribution in [3.63, 3.8) is 0 Å². The van der Waals surface area contributed by atoms with E-state index in [0.717, 1.165) is 19.6 Å². The first-order valence-corrected chi connectivity index (χ1v) is 6.75. The Morgan fingerprint density at radius 2 is 2.11 bits per heavy atom. The molecule has 0 radical (unpaired) electrons. The number of nitrogens with one attached hydrogen (secondary N) is 1. The summed E-state index contributed by atoms with van der Waals surface area (Å²) in [6.07, 6.45) is 5.01. The fraction of sp³-hybridized carbons (Fsp3) is 0.643. The molecule has 2 rings (SSSR count). The predicted molar refractivity (Wildman–Crippen MR) is 74.5 cm³/mol. The summed E-state index contributed by atoms with van der Waals surface area (Å²) in [6.45, 7) is 5.61. The third-order valence-electron chi connectivity index (χ3n) is 3.60. The first kappa shape index (κ1) is 13.5. The number of hydrogen-bond acceptors (Lipinski definition) is 4. The minimum Gasteiger partial charge on any atom is -0.318 e. The third-order valence-corrected chi connectivity index (χ3v) is 3.60. The molecule has 2 heterocycles. The van der Waals surface area contributed by atoms with Crippen molar-refractivity contribution in [2.75, 3.05) is 40.3 Å². The van der Waals surface area contributed by atoms with E-state index >= 15 is 0 Å². The second-order valence-electron chi connectivity index (χ2n) is 5.15. The zero-order valence-corrected chi connectivity index (χ0v) is 11.5. The smallest absolute Gasteiger partial charge is 0.0351 e. The highest BCUT2D eigenvalue weighted by molar-refractivity contribution is 5.09. The number of rotatable bonds is 4. The Morgan fingerprint density at radius 1 is 1.33 bits per heavy atom. The quantitative estimate of drug-likeness (QED) is 0.854. The van der Waals surface area contributed by atoms with Crippen LogP contribution in [0.15, 0.2) is 24.5 Å². The maximum Gasteiger partial charge on any atom is 0.0351 e. The highest BCUT2D eigenvalue weighted by atomic mass is 15.2. The van der Waals surface area contributed by atoms with Gasteiger partial charge in [-0.1, -0.05) is 0 Å². The van der Waals surface area contributed by atoms with Gasteiger partial charge in [0.2, 0.25) is 0 Å². The van der Waals surface area contributed by atoms with Gasteiger partial charge in [-0.25, -0.2) is 0 Å². The molecular formula is C14H24N4. The van der Waals surface area contributed by atoms with E-state index in [1.807, 2.05) is 19.4 Å². The highest BCUT2D eigenvalue weighted by Crippen LogP contribution is 2.12. The Kier molecular flexibility index (Phi) is 5.11. The molecule has 0 amide bonds. The number of likely N-dealkylation sites (N-methyl/N-ethyl adjacent to an activating group) is 2. The molecule has 18 heavy (non-hydrogen) atoms. The summed E-state index contributed by atoms with van der Waals surface area (Å²) in [5.74, 6) is 0. The normalized spacial score (nSPS) is 22.9. The van der Waals surface area contributed by atoms with Gasteiger partial charge in [-0.15, -0.1) is 0 Å². The van der Waals surface area contributed by atoms with Crippen molar-refractivity contribution in [1.29, 1.82) is 0 Å². The van der Waals surface area contributed by atoms with Crippen LogP contribution in [-0.2, 0) is 6.54 Å². The molecule has 1 N–H and O–H groups in total. The van der Waals surface area contributed by atoms with Crippen molar-refractivity contribution in [2.45, 2.75) is 19.0 Å². The van der Waals surface area contributed by atoms with Crippen LogP contribution in [0.1, 0.15) is 12.0 Å². The summed E-state index contributed by atoms with van der Waals surface area (Å²) < 4.78 is 0. The SMILES string of the molecule is CNCC1CN(C)CCCN1Cc1ccncc1. The molecule has 0 aliphatic carbocycles. The van der Waals surface area contributed by atoms with E-state index in [0.29, 0.717) is 6.04 Å². The second kappa shape index (κ2) is 6.83. The van der Waals surface area contributed by atoms with Gasteiger partial charge in [0, 0.05) is 44.6 Å². The van der Waals surface area contributed by atoms with Gasteiger partial charge in [-0.3, -0.25) is 9.88 Å². The molecule has 0 spiro atoms. The van der Waals surface area contributed by atoms with Gasteiger partial charge in [-0.05, 0) is 44.8 Å². The Hall–Kier alpha value is -0.970. The lowest BCUT2D eigenvalue weighted by molar-refractivity contribution is 0.179. The topological polar surface area (TPSA) is 31.4 Å². The second-order valence-corrected chi connectivity index (χ2v) is 5.15. The summed E-state index contributed by atoms with van der Waals surface area (Å²) in [7, 11) is 4.26. The van der Waals surface area contributed by atoms with E-state index in [9.17, 15) is 0 Å². The van der Waals surface area contributed by atoms with Gasteiger partial charge in [-0.2, -0.15) is 0 Å². The summed E-state index contributed by atoms with van der Waals surface area (Å²) >= 11 is 0. The molecule has 1 unspecified atom stereocenters. The molecule has 1 saturated heterocycles. The monoisotopic (exact) mass is 248 g/mol. The van der Waals surface area contributed by atoms with Gasteiger partial charge in [0.05, 0.1) is 0 Å². The van der Waals surface area contributed by atoms with Crippen LogP contribution >= 0.6 is 0 Å². The fourth-order valence-corrected chi connectivity index (χ4v) is 2.65. The van der Waals surface area contributed by atoms with Crippen molar-refractivity contribution < 1.29 is 0 Å². The van der Waals surface area contributed by atoms with Crippen molar-refractivity contribution in [2.24, 2.45) is 0 Å². The lowest BCUT2D eigenvalue weighted by Crippen LogP contribution is -2.45. The van der Waals surface area contributed by atoms with Gasteiger partial charge in [0.15, 0.2) is 0 Å². The average Bonchev–Trinajstić information content (AvgIpc) is 2.54. The van der Waals surface area contributed by atoms with Crippen molar-refractivity contribution >= 4 is 0 Å². The molecule has 1 aliphatic heterocycles. The number of pyridine rings is 1. The summed E-state index contributed by atoms with van der Waals surface area (Å²) in [6, 6.07) is 4.83. The van der Waals surface area contributed by atoms with Crippen LogP contribution in [-0.4, -0.2) is 61.1 Å². The zero-order valence-electron chi connectivity index (χ0n) is 11.5. The van der Waals surface area contributed by atoms with Crippen LogP contribution in [0.2, 0.25) is 0 Å². The zero-order chi connectivity index (χ0) is 12.8. The van der Waals surface area contributed by atoms with Crippen LogP contribution in [0.25, 0.3) is 0 Å². The van der Waals surface area contributed by atoms with E-state index in [-0.39, 0.29) is 0 Å². The summed E-state index contributed by atoms with van der Waals surface area (Å²) in [4.78, 5) is 9.12. The first-order chi connectivity index (χ1) is 8.79. The molecule has 1 aromatic heterocycles. The molecule has 0 aromatic carbocycles. The molecule has 1 atom stereocenters. The standard InChI is InChI=1S/C14H24N4/c1-15-10-14-12-17(2)8-3-9-18(14)11-13-4-6-16-7-5-13/h4-7,14-15H,3,8-12H2,1-2H3. The highest BCUT2D eigenvalue weighted by Gasteiger charge is 2.22. The Morgan fingerprint density at radius 3 is 2.83 bits per heavy atom. The first-order valence-electron chi connectivity index (χ1n) is 6.75. The largest absolute Gasteiger partial charge is 0.318 e. The number of aromatic nitrogens is 1. The maximum absolute atomic E-state index is 4.09. The van der Waals surface area contributed by atoms with Crippen LogP contribution in [0.4, 0.5) is 0 Å². The molecule has 0 bridgehead atoms. The van der Waals surface area contributed by atoms with Gasteiger partial charge < -0.3 is 10.2 Å². The Labute approximate surface area is 110 Å². The van der Waals surface area contributed by atoms with E-state index in [2.05, 4.69) is 39.3 Å². The van der Waals surface area contributed by atoms with Crippen LogP contribution in [0.3, 0.4) is 0 Å². The van der Waals surface area contributed by atoms with Crippen LogP contribution in [0.5, 0.6) is 0 Å². The molecule has 100 valence electrons. The van der Waals surface area contributed by atoms with Crippen LogP contribution < -0.4 is 5.32 Å². The molecule has 4 nitrogen and oxygen atoms in total. The van der Waals surface area contributed by atoms with Crippen molar-refractivity contribution in [3.8, 4) is 0 Å². The minimum atomic E-state index is 0.593. The van der Waals surface area contributed by atoms with Crippen molar-refractivity contribution in [1.82, 2.24) is 20.1 Å². The van der Waals surface area contributed by atoms with Gasteiger partial charge in [0.1, 0.15) is 0 Å². The van der Waals surface area contributed by atoms with E-state index in [4.69, 9.17) is 0 Å². The van der Waals surface area contributed by atoms with Crippen molar-refractivity contribution in [3.05, 3.63) is 30.1 Å². The molecule has 1 aromatic rings. The van der Waals surface area contributed by atoms with E-state index < -0.39 is 0 Å². The Bertz CT molecular complexity index is 341. The van der Waals surface area contributed by atoms with E-state index in [1.54, 1.807) is 0 Å². The lowest BCUT2D eigenvalue weighted by atomic mass is 10.2. The minimum absolute atomic E-state index is 0.593. The molecule has 1 aliphatic rings. The molecular weight excluding hydrogens is 224 g/mol. The predicted octanol–water partition coefficient (Wildman–Crippen LogP) is 0.807. The maximum atomic E-state index is 4.09. The summed E-state index contributed by atoms with van der Waals surface area (Å²) in [5.41, 5.74) is 1.36. The van der Waals surface area contributed by atoms with Crippen LogP contribution in [0, 0.1) is 0 Å². The number of nitrogens with zero attached hydrogens (tertiary/aromatic N) is 3. The Balaban J connectivity index is 2.02. The summed E-state index contributed by atoms with van der Waals surface area (Å²) in [5, 5.41) is 3.32. The average molecular weight is 248 g/mol. The fourth-order valence-electron chi connectivity index (χ4n) is 2.65. The van der Waals surface area contributed by atoms with E-state index in [1.165, 1.54) is 25.1 Å².